The molecule has 0 unspecified atom stereocenters. The Morgan fingerprint density at radius 1 is 0.833 bits per heavy atom. The van der Waals surface area contributed by atoms with E-state index in [9.17, 15) is 14.7 Å². The molecule has 0 bridgehead atoms. The molecule has 0 amide bonds. The minimum atomic E-state index is -0.349. The summed E-state index contributed by atoms with van der Waals surface area (Å²) in [6, 6.07) is 19.4. The van der Waals surface area contributed by atoms with E-state index in [1.165, 1.54) is 0 Å². The van der Waals surface area contributed by atoms with Crippen LogP contribution in [0.4, 0.5) is 0 Å². The molecule has 1 aromatic heterocycles. The van der Waals surface area contributed by atoms with Gasteiger partial charge >= 0.3 is 5.97 Å². The Morgan fingerprint density at radius 2 is 1.36 bits per heavy atom. The highest BCUT2D eigenvalue weighted by Gasteiger charge is 2.28. The van der Waals surface area contributed by atoms with E-state index in [0.29, 0.717) is 31.6 Å². The molecule has 2 N–H and O–H groups in total. The van der Waals surface area contributed by atoms with Gasteiger partial charge in [0.05, 0.1) is 30.7 Å². The van der Waals surface area contributed by atoms with Gasteiger partial charge < -0.3 is 19.0 Å². The van der Waals surface area contributed by atoms with Crippen LogP contribution in [-0.4, -0.2) is 32.6 Å². The number of aromatic nitrogens is 2. The lowest BCUT2D eigenvalue weighted by molar-refractivity contribution is -0.143. The highest BCUT2D eigenvalue weighted by Crippen LogP contribution is 2.40. The summed E-state index contributed by atoms with van der Waals surface area (Å²) in [5.41, 5.74) is 5.30. The number of benzene rings is 3. The van der Waals surface area contributed by atoms with E-state index in [0.717, 1.165) is 33.3 Å². The number of Topliss-reactive ketones (excluding diaryl/α,β-unsaturated/α-hetero) is 1. The normalized spacial score (nSPS) is 12.1. The third-order valence-electron chi connectivity index (χ3n) is 7.61. The Labute approximate surface area is 248 Å². The number of aryl methyl sites for hydroxylation is 1. The maximum atomic E-state index is 13.8. The molecule has 0 spiro atoms. The number of phenolic OH excluding ortho intramolecular Hbond substituents is 1. The fourth-order valence-corrected chi connectivity index (χ4v) is 5.26. The van der Waals surface area contributed by atoms with Crippen LogP contribution in [0.25, 0.3) is 11.0 Å². The van der Waals surface area contributed by atoms with Crippen molar-refractivity contribution in [2.24, 2.45) is 0 Å². The van der Waals surface area contributed by atoms with Crippen LogP contribution < -0.4 is 5.62 Å². The first-order chi connectivity index (χ1) is 19.7. The van der Waals surface area contributed by atoms with E-state index in [-0.39, 0.29) is 40.5 Å². The average Bonchev–Trinajstić information content (AvgIpc) is 3.17. The molecule has 0 saturated heterocycles. The van der Waals surface area contributed by atoms with E-state index in [2.05, 4.69) is 0 Å². The molecule has 7 nitrogen and oxygen atoms in total. The van der Waals surface area contributed by atoms with Crippen molar-refractivity contribution in [3.05, 3.63) is 94.1 Å². The molecule has 0 radical (unpaired) electrons. The number of ether oxygens (including phenoxy) is 1. The van der Waals surface area contributed by atoms with Crippen molar-refractivity contribution in [1.29, 1.82) is 5.41 Å². The predicted octanol–water partition coefficient (Wildman–Crippen LogP) is 6.65. The van der Waals surface area contributed by atoms with Gasteiger partial charge in [-0.25, -0.2) is 0 Å². The second-order valence-corrected chi connectivity index (χ2v) is 12.9. The van der Waals surface area contributed by atoms with E-state index in [4.69, 9.17) is 10.1 Å². The lowest BCUT2D eigenvalue weighted by Gasteiger charge is -2.28. The number of para-hydroxylation sites is 2. The van der Waals surface area contributed by atoms with Crippen molar-refractivity contribution in [2.75, 3.05) is 6.61 Å². The minimum absolute atomic E-state index is 0.0110. The molecule has 4 aromatic rings. The summed E-state index contributed by atoms with van der Waals surface area (Å²) in [7, 11) is 0. The number of carbonyl (C=O) groups is 2. The highest BCUT2D eigenvalue weighted by molar-refractivity contribution is 5.97. The summed E-state index contributed by atoms with van der Waals surface area (Å²) in [6.07, 6.45) is 0.957. The fraction of sp³-hybridized carbons (Fsp3) is 0.400. The summed E-state index contributed by atoms with van der Waals surface area (Å²) >= 11 is 0. The summed E-state index contributed by atoms with van der Waals surface area (Å²) in [6.45, 7) is 14.8. The number of nitrogens with one attached hydrogen (secondary N) is 1. The number of carbonyl (C=O) groups excluding carboxylic acids is 2. The van der Waals surface area contributed by atoms with Gasteiger partial charge in [0.1, 0.15) is 5.75 Å². The minimum Gasteiger partial charge on any atom is -0.507 e. The van der Waals surface area contributed by atoms with Gasteiger partial charge in [-0.3, -0.25) is 15.0 Å². The maximum Gasteiger partial charge on any atom is 0.306 e. The molecule has 0 aliphatic heterocycles. The molecule has 3 aromatic carbocycles. The van der Waals surface area contributed by atoms with Crippen molar-refractivity contribution >= 4 is 22.8 Å². The Morgan fingerprint density at radius 3 is 1.88 bits per heavy atom. The number of imidazole rings is 1. The number of aromatic hydroxyl groups is 1. The summed E-state index contributed by atoms with van der Waals surface area (Å²) in [4.78, 5) is 25.5. The number of rotatable bonds is 9. The van der Waals surface area contributed by atoms with Crippen molar-refractivity contribution < 1.29 is 19.4 Å². The van der Waals surface area contributed by atoms with Crippen LogP contribution in [0.15, 0.2) is 60.7 Å². The maximum absolute atomic E-state index is 13.8. The lowest BCUT2D eigenvalue weighted by Crippen LogP contribution is -2.28. The van der Waals surface area contributed by atoms with Crippen LogP contribution in [-0.2, 0) is 39.9 Å². The van der Waals surface area contributed by atoms with Crippen LogP contribution in [0.1, 0.15) is 87.5 Å². The number of hydrogen-bond acceptors (Lipinski definition) is 5. The third kappa shape index (κ3) is 6.67. The number of fused-ring (bicyclic) bond motifs is 1. The van der Waals surface area contributed by atoms with Crippen LogP contribution >= 0.6 is 0 Å². The van der Waals surface area contributed by atoms with Crippen LogP contribution in [0, 0.1) is 5.41 Å². The monoisotopic (exact) mass is 569 g/mol. The fourth-order valence-electron chi connectivity index (χ4n) is 5.26. The number of hydrogen-bond donors (Lipinski definition) is 2. The van der Waals surface area contributed by atoms with Crippen LogP contribution in [0.5, 0.6) is 5.75 Å². The standard InChI is InChI=1S/C35H43N3O4/c1-8-42-31(40)18-17-23-13-15-24(16-14-23)21-37-28-11-9-10-12-29(28)38(33(37)36)22-30(39)25-19-26(34(2,3)4)32(41)27(20-25)35(5,6)7/h9-16,19-20,36,41H,8,17-18,21-22H2,1-7H3. The molecule has 0 aliphatic rings. The Hall–Kier alpha value is -4.13. The molecule has 0 fully saturated rings. The first-order valence-electron chi connectivity index (χ1n) is 14.6. The van der Waals surface area contributed by atoms with Gasteiger partial charge in [0.25, 0.3) is 0 Å². The van der Waals surface area contributed by atoms with Crippen molar-refractivity contribution in [2.45, 2.75) is 85.2 Å². The zero-order valence-corrected chi connectivity index (χ0v) is 25.9. The molecule has 1 heterocycles. The zero-order valence-electron chi connectivity index (χ0n) is 25.9. The van der Waals surface area contributed by atoms with Crippen LogP contribution in [0.2, 0.25) is 0 Å². The molecular formula is C35H43N3O4. The van der Waals surface area contributed by atoms with E-state index in [1.54, 1.807) is 23.6 Å². The average molecular weight is 570 g/mol. The van der Waals surface area contributed by atoms with E-state index in [1.807, 2.05) is 94.6 Å². The molecule has 0 atom stereocenters. The first kappa shape index (κ1) is 30.8. The number of nitrogens with zero attached hydrogens (tertiary/aromatic N) is 2. The van der Waals surface area contributed by atoms with Gasteiger partial charge in [-0.1, -0.05) is 77.9 Å². The molecule has 0 aliphatic carbocycles. The van der Waals surface area contributed by atoms with Crippen LogP contribution in [0.3, 0.4) is 0 Å². The highest BCUT2D eigenvalue weighted by atomic mass is 16.5. The number of ketones is 1. The molecule has 222 valence electrons. The van der Waals surface area contributed by atoms with Gasteiger partial charge in [0.2, 0.25) is 5.62 Å². The molecule has 42 heavy (non-hydrogen) atoms. The van der Waals surface area contributed by atoms with E-state index < -0.39 is 0 Å². The third-order valence-corrected chi connectivity index (χ3v) is 7.61. The summed E-state index contributed by atoms with van der Waals surface area (Å²) < 4.78 is 8.69. The molecule has 0 saturated carbocycles. The van der Waals surface area contributed by atoms with Gasteiger partial charge in [-0.15, -0.1) is 0 Å². The number of esters is 1. The van der Waals surface area contributed by atoms with Crippen molar-refractivity contribution in [1.82, 2.24) is 9.13 Å². The van der Waals surface area contributed by atoms with Gasteiger partial charge in [0, 0.05) is 23.1 Å². The van der Waals surface area contributed by atoms with Crippen molar-refractivity contribution in [3.63, 3.8) is 0 Å². The SMILES string of the molecule is CCOC(=O)CCc1ccc(Cn2c(=N)n(CC(=O)c3cc(C(C)(C)C)c(O)c(C(C)(C)C)c3)c3ccccc32)cc1. The first-order valence-corrected chi connectivity index (χ1v) is 14.6. The zero-order chi connectivity index (χ0) is 30.8. The Bertz CT molecular complexity index is 1630. The lowest BCUT2D eigenvalue weighted by atomic mass is 9.78. The van der Waals surface area contributed by atoms with Gasteiger partial charge in [-0.2, -0.15) is 0 Å². The van der Waals surface area contributed by atoms with Gasteiger partial charge in [-0.05, 0) is 59.6 Å². The van der Waals surface area contributed by atoms with Crippen molar-refractivity contribution in [3.8, 4) is 5.75 Å². The Kier molecular flexibility index (Phi) is 8.81. The predicted molar refractivity (Wildman–Crippen MR) is 166 cm³/mol. The molecule has 7 heteroatoms. The topological polar surface area (TPSA) is 97.3 Å². The number of phenols is 1. The molecular weight excluding hydrogens is 526 g/mol. The van der Waals surface area contributed by atoms with Gasteiger partial charge in [0.15, 0.2) is 5.78 Å². The quantitative estimate of drug-likeness (QED) is 0.174. The second-order valence-electron chi connectivity index (χ2n) is 12.9. The Balaban J connectivity index is 1.65. The summed E-state index contributed by atoms with van der Waals surface area (Å²) in [5, 5.41) is 20.2. The smallest absolute Gasteiger partial charge is 0.306 e. The molecule has 4 rings (SSSR count). The largest absolute Gasteiger partial charge is 0.507 e. The summed E-state index contributed by atoms with van der Waals surface area (Å²) in [5.74, 6) is -0.0721. The van der Waals surface area contributed by atoms with E-state index >= 15 is 0 Å². The second kappa shape index (κ2) is 12.0.